The molecule has 1 atom stereocenters. The molecule has 6 nitrogen and oxygen atoms in total. The zero-order valence-corrected chi connectivity index (χ0v) is 17.3. The molecule has 0 saturated heterocycles. The highest BCUT2D eigenvalue weighted by Crippen LogP contribution is 2.31. The van der Waals surface area contributed by atoms with E-state index < -0.39 is 17.7 Å². The van der Waals surface area contributed by atoms with Crippen LogP contribution in [0.1, 0.15) is 43.5 Å². The first kappa shape index (κ1) is 19.8. The van der Waals surface area contributed by atoms with Crippen LogP contribution < -0.4 is 10.9 Å². The Bertz CT molecular complexity index is 1420. The van der Waals surface area contributed by atoms with Crippen LogP contribution >= 0.6 is 0 Å². The van der Waals surface area contributed by atoms with Gasteiger partial charge in [-0.25, -0.2) is 9.59 Å². The Morgan fingerprint density at radius 2 is 1.72 bits per heavy atom. The van der Waals surface area contributed by atoms with Gasteiger partial charge in [0.2, 0.25) is 0 Å². The first-order chi connectivity index (χ1) is 15.5. The molecule has 0 radical (unpaired) electrons. The van der Waals surface area contributed by atoms with E-state index in [-0.39, 0.29) is 5.91 Å². The molecule has 158 valence electrons. The number of carbonyl (C=O) groups excluding carboxylic acids is 2. The molecule has 5 rings (SSSR count). The minimum Gasteiger partial charge on any atom is -0.454 e. The molecule has 1 aromatic heterocycles. The van der Waals surface area contributed by atoms with Gasteiger partial charge in [-0.3, -0.25) is 4.79 Å². The lowest BCUT2D eigenvalue weighted by Crippen LogP contribution is -2.23. The molecular weight excluding hydrogens is 406 g/mol. The Labute approximate surface area is 183 Å². The summed E-state index contributed by atoms with van der Waals surface area (Å²) in [5.41, 5.74) is 4.16. The molecule has 0 aliphatic carbocycles. The molecule has 6 heteroatoms. The number of rotatable bonds is 3. The van der Waals surface area contributed by atoms with Crippen LogP contribution in [-0.4, -0.2) is 11.9 Å². The molecule has 2 heterocycles. The van der Waals surface area contributed by atoms with Crippen molar-refractivity contribution in [3.05, 3.63) is 111 Å². The van der Waals surface area contributed by atoms with Gasteiger partial charge in [0.25, 0.3) is 5.91 Å². The summed E-state index contributed by atoms with van der Waals surface area (Å²) in [4.78, 5) is 36.8. The van der Waals surface area contributed by atoms with E-state index in [0.717, 1.165) is 22.1 Å². The lowest BCUT2D eigenvalue weighted by molar-refractivity contribution is 0.0252. The average molecular weight is 425 g/mol. The Kier molecular flexibility index (Phi) is 4.82. The lowest BCUT2D eigenvalue weighted by atomic mass is 9.92. The average Bonchev–Trinajstić information content (AvgIpc) is 2.79. The van der Waals surface area contributed by atoms with E-state index in [1.807, 2.05) is 31.2 Å². The number of nitrogens with one attached hydrogen (secondary N) is 1. The maximum Gasteiger partial charge on any atom is 0.339 e. The van der Waals surface area contributed by atoms with Crippen molar-refractivity contribution >= 4 is 28.5 Å². The minimum absolute atomic E-state index is 0.323. The Morgan fingerprint density at radius 3 is 2.53 bits per heavy atom. The van der Waals surface area contributed by atoms with E-state index >= 15 is 0 Å². The molecule has 4 aromatic rings. The summed E-state index contributed by atoms with van der Waals surface area (Å²) in [7, 11) is 0. The molecule has 3 aromatic carbocycles. The van der Waals surface area contributed by atoms with Gasteiger partial charge in [0, 0.05) is 35.2 Å². The van der Waals surface area contributed by atoms with E-state index in [1.54, 1.807) is 42.5 Å². The van der Waals surface area contributed by atoms with Crippen molar-refractivity contribution in [1.29, 1.82) is 0 Å². The highest BCUT2D eigenvalue weighted by atomic mass is 16.5. The Balaban J connectivity index is 1.40. The number of benzene rings is 3. The highest BCUT2D eigenvalue weighted by molar-refractivity contribution is 6.06. The van der Waals surface area contributed by atoms with Crippen molar-refractivity contribution in [1.82, 2.24) is 0 Å². The Hall–Kier alpha value is -4.19. The van der Waals surface area contributed by atoms with E-state index in [4.69, 9.17) is 9.15 Å². The van der Waals surface area contributed by atoms with Crippen molar-refractivity contribution in [2.45, 2.75) is 19.4 Å². The molecule has 0 saturated carbocycles. The van der Waals surface area contributed by atoms with Crippen molar-refractivity contribution in [3.8, 4) is 0 Å². The van der Waals surface area contributed by atoms with Crippen LogP contribution in [0.15, 0.2) is 82.0 Å². The summed E-state index contributed by atoms with van der Waals surface area (Å²) in [5.74, 6) is -0.718. The SMILES string of the molecule is Cc1ccc([C@@H]2Cc3cc(C(=O)Nc4ccc5ccc(=O)oc5c4)ccc3C(=O)O2)cc1. The third-order valence-electron chi connectivity index (χ3n) is 5.57. The topological polar surface area (TPSA) is 85.6 Å². The highest BCUT2D eigenvalue weighted by Gasteiger charge is 2.28. The molecule has 0 spiro atoms. The zero-order chi connectivity index (χ0) is 22.2. The van der Waals surface area contributed by atoms with Gasteiger partial charge in [-0.05, 0) is 54.4 Å². The molecule has 1 N–H and O–H groups in total. The summed E-state index contributed by atoms with van der Waals surface area (Å²) in [6.45, 7) is 2.00. The van der Waals surface area contributed by atoms with E-state index in [0.29, 0.717) is 28.8 Å². The number of aryl methyl sites for hydroxylation is 1. The fourth-order valence-corrected chi connectivity index (χ4v) is 3.85. The molecule has 1 aliphatic heterocycles. The fourth-order valence-electron chi connectivity index (χ4n) is 3.85. The van der Waals surface area contributed by atoms with Gasteiger partial charge in [-0.2, -0.15) is 0 Å². The zero-order valence-electron chi connectivity index (χ0n) is 17.3. The van der Waals surface area contributed by atoms with Gasteiger partial charge in [0.05, 0.1) is 5.56 Å². The quantitative estimate of drug-likeness (QED) is 0.376. The third kappa shape index (κ3) is 3.78. The molecule has 1 amide bonds. The van der Waals surface area contributed by atoms with E-state index in [1.165, 1.54) is 6.07 Å². The lowest BCUT2D eigenvalue weighted by Gasteiger charge is -2.25. The summed E-state index contributed by atoms with van der Waals surface area (Å²) in [6, 6.07) is 20.9. The van der Waals surface area contributed by atoms with Crippen LogP contribution in [-0.2, 0) is 11.2 Å². The normalized spacial score (nSPS) is 15.2. The molecule has 0 unspecified atom stereocenters. The first-order valence-corrected chi connectivity index (χ1v) is 10.2. The maximum absolute atomic E-state index is 12.9. The van der Waals surface area contributed by atoms with Gasteiger partial charge >= 0.3 is 11.6 Å². The molecule has 32 heavy (non-hydrogen) atoms. The van der Waals surface area contributed by atoms with E-state index in [9.17, 15) is 14.4 Å². The number of carbonyl (C=O) groups is 2. The minimum atomic E-state index is -0.453. The van der Waals surface area contributed by atoms with Crippen molar-refractivity contribution in [2.24, 2.45) is 0 Å². The molecule has 0 fully saturated rings. The van der Waals surface area contributed by atoms with Crippen molar-refractivity contribution in [2.75, 3.05) is 5.32 Å². The maximum atomic E-state index is 12.9. The second-order valence-corrected chi connectivity index (χ2v) is 7.84. The fraction of sp³-hybridized carbons (Fsp3) is 0.115. The van der Waals surface area contributed by atoms with Gasteiger partial charge in [0.1, 0.15) is 11.7 Å². The largest absolute Gasteiger partial charge is 0.454 e. The summed E-state index contributed by atoms with van der Waals surface area (Å²) < 4.78 is 10.8. The smallest absolute Gasteiger partial charge is 0.339 e. The second-order valence-electron chi connectivity index (χ2n) is 7.84. The number of ether oxygens (including phenoxy) is 1. The van der Waals surface area contributed by atoms with Crippen molar-refractivity contribution in [3.63, 3.8) is 0 Å². The van der Waals surface area contributed by atoms with Crippen LogP contribution in [0.4, 0.5) is 5.69 Å². The third-order valence-corrected chi connectivity index (χ3v) is 5.57. The van der Waals surface area contributed by atoms with Crippen LogP contribution in [0.25, 0.3) is 11.0 Å². The van der Waals surface area contributed by atoms with Crippen molar-refractivity contribution < 1.29 is 18.7 Å². The molecular formula is C26H19NO5. The van der Waals surface area contributed by atoms with Crippen LogP contribution in [0, 0.1) is 6.92 Å². The number of esters is 1. The van der Waals surface area contributed by atoms with Gasteiger partial charge < -0.3 is 14.5 Å². The van der Waals surface area contributed by atoms with Crippen LogP contribution in [0.2, 0.25) is 0 Å². The summed E-state index contributed by atoms with van der Waals surface area (Å²) >= 11 is 0. The summed E-state index contributed by atoms with van der Waals surface area (Å²) in [5, 5.41) is 3.58. The standard InChI is InChI=1S/C26H19NO5/c1-15-2-4-16(5-3-15)22-13-19-12-18(7-10-21(19)26(30)32-22)25(29)27-20-9-6-17-8-11-24(28)31-23(17)14-20/h2-12,14,22H,13H2,1H3,(H,27,29)/t22-/m0/s1. The second kappa shape index (κ2) is 7.81. The number of amides is 1. The van der Waals surface area contributed by atoms with Gasteiger partial charge in [-0.15, -0.1) is 0 Å². The number of fused-ring (bicyclic) bond motifs is 2. The number of hydrogen-bond donors (Lipinski definition) is 1. The summed E-state index contributed by atoms with van der Waals surface area (Å²) in [6.07, 6.45) is 0.101. The predicted molar refractivity (Wildman–Crippen MR) is 120 cm³/mol. The van der Waals surface area contributed by atoms with Gasteiger partial charge in [0.15, 0.2) is 0 Å². The van der Waals surface area contributed by atoms with Crippen LogP contribution in [0.5, 0.6) is 0 Å². The molecule has 0 bridgehead atoms. The predicted octanol–water partition coefficient (Wildman–Crippen LogP) is 4.81. The number of hydrogen-bond acceptors (Lipinski definition) is 5. The number of cyclic esters (lactones) is 1. The number of anilines is 1. The molecule has 1 aliphatic rings. The first-order valence-electron chi connectivity index (χ1n) is 10.2. The monoisotopic (exact) mass is 425 g/mol. The Morgan fingerprint density at radius 1 is 0.938 bits per heavy atom. The van der Waals surface area contributed by atoms with Gasteiger partial charge in [-0.1, -0.05) is 29.8 Å². The van der Waals surface area contributed by atoms with Crippen LogP contribution in [0.3, 0.4) is 0 Å². The van der Waals surface area contributed by atoms with E-state index in [2.05, 4.69) is 5.32 Å².